The summed E-state index contributed by atoms with van der Waals surface area (Å²) < 4.78 is 0. The molecule has 0 radical (unpaired) electrons. The first kappa shape index (κ1) is 23.7. The van der Waals surface area contributed by atoms with Gasteiger partial charge in [-0.15, -0.1) is 0 Å². The molecule has 33 heavy (non-hydrogen) atoms. The third-order valence-corrected chi connectivity index (χ3v) is 5.43. The van der Waals surface area contributed by atoms with Crippen LogP contribution in [0.3, 0.4) is 0 Å². The first-order valence-electron chi connectivity index (χ1n) is 10.8. The summed E-state index contributed by atoms with van der Waals surface area (Å²) in [6, 6.07) is 3.91. The van der Waals surface area contributed by atoms with Crippen LogP contribution >= 0.6 is 0 Å². The van der Waals surface area contributed by atoms with Gasteiger partial charge in [0.15, 0.2) is 0 Å². The van der Waals surface area contributed by atoms with E-state index in [1.54, 1.807) is 18.2 Å². The van der Waals surface area contributed by atoms with Gasteiger partial charge in [-0.2, -0.15) is 0 Å². The number of amides is 5. The van der Waals surface area contributed by atoms with Crippen molar-refractivity contribution in [3.05, 3.63) is 39.8 Å². The molecule has 1 fully saturated rings. The van der Waals surface area contributed by atoms with Gasteiger partial charge in [0, 0.05) is 43.1 Å². The molecule has 2 heterocycles. The average Bonchev–Trinajstić information content (AvgIpc) is 3.04. The molecule has 1 aromatic carbocycles. The Hall–Kier alpha value is -3.92. The van der Waals surface area contributed by atoms with Crippen LogP contribution < -0.4 is 16.0 Å². The lowest BCUT2D eigenvalue weighted by atomic mass is 10.0. The fourth-order valence-electron chi connectivity index (χ4n) is 3.81. The number of nitrogens with one attached hydrogen (secondary N) is 3. The molecule has 2 aliphatic rings. The molecule has 5 amide bonds. The van der Waals surface area contributed by atoms with Crippen LogP contribution in [0.5, 0.6) is 0 Å². The third kappa shape index (κ3) is 5.66. The minimum atomic E-state index is -1.00. The van der Waals surface area contributed by atoms with Crippen molar-refractivity contribution in [2.24, 2.45) is 5.11 Å². The van der Waals surface area contributed by atoms with Crippen LogP contribution in [0.1, 0.15) is 59.2 Å². The molecule has 174 valence electrons. The number of piperidine rings is 1. The molecule has 12 nitrogen and oxygen atoms in total. The zero-order valence-corrected chi connectivity index (χ0v) is 18.0. The first-order chi connectivity index (χ1) is 15.9. The molecular formula is C21H25N7O5. The summed E-state index contributed by atoms with van der Waals surface area (Å²) in [6.07, 6.45) is 2.39. The van der Waals surface area contributed by atoms with E-state index < -0.39 is 29.7 Å². The van der Waals surface area contributed by atoms with Gasteiger partial charge in [0.05, 0.1) is 11.1 Å². The Balaban J connectivity index is 1.50. The van der Waals surface area contributed by atoms with Crippen LogP contribution in [0.2, 0.25) is 0 Å². The number of fused-ring (bicyclic) bond motifs is 1. The number of benzene rings is 1. The minimum absolute atomic E-state index is 0.0687. The summed E-state index contributed by atoms with van der Waals surface area (Å²) in [5.74, 6) is -2.26. The third-order valence-electron chi connectivity index (χ3n) is 5.43. The van der Waals surface area contributed by atoms with Gasteiger partial charge < -0.3 is 10.6 Å². The van der Waals surface area contributed by atoms with Crippen molar-refractivity contribution in [3.63, 3.8) is 0 Å². The Labute approximate surface area is 189 Å². The molecule has 1 saturated heterocycles. The van der Waals surface area contributed by atoms with Gasteiger partial charge in [0.2, 0.25) is 17.7 Å². The summed E-state index contributed by atoms with van der Waals surface area (Å²) in [6.45, 7) is 1.30. The lowest BCUT2D eigenvalue weighted by Gasteiger charge is -2.27. The number of rotatable bonds is 11. The molecule has 0 aliphatic carbocycles. The highest BCUT2D eigenvalue weighted by Crippen LogP contribution is 2.32. The Morgan fingerprint density at radius 2 is 1.94 bits per heavy atom. The van der Waals surface area contributed by atoms with E-state index in [2.05, 4.69) is 26.0 Å². The van der Waals surface area contributed by atoms with Crippen LogP contribution in [0.15, 0.2) is 23.3 Å². The van der Waals surface area contributed by atoms with Gasteiger partial charge in [-0.25, -0.2) is 0 Å². The van der Waals surface area contributed by atoms with Crippen molar-refractivity contribution in [2.75, 3.05) is 25.0 Å². The lowest BCUT2D eigenvalue weighted by Crippen LogP contribution is -2.54. The Kier molecular flexibility index (Phi) is 7.98. The zero-order chi connectivity index (χ0) is 23.8. The normalized spacial score (nSPS) is 17.3. The molecule has 1 unspecified atom stereocenters. The van der Waals surface area contributed by atoms with Crippen molar-refractivity contribution in [1.29, 1.82) is 0 Å². The highest BCUT2D eigenvalue weighted by Gasteiger charge is 2.45. The lowest BCUT2D eigenvalue weighted by molar-refractivity contribution is -0.136. The first-order valence-corrected chi connectivity index (χ1v) is 10.8. The van der Waals surface area contributed by atoms with Crippen molar-refractivity contribution in [3.8, 4) is 0 Å². The van der Waals surface area contributed by atoms with Crippen molar-refractivity contribution in [1.82, 2.24) is 15.5 Å². The van der Waals surface area contributed by atoms with E-state index in [1.807, 2.05) is 0 Å². The van der Waals surface area contributed by atoms with Gasteiger partial charge in [-0.05, 0) is 43.3 Å². The maximum absolute atomic E-state index is 13.0. The van der Waals surface area contributed by atoms with E-state index in [0.717, 1.165) is 4.90 Å². The van der Waals surface area contributed by atoms with E-state index in [-0.39, 0.29) is 36.4 Å². The fourth-order valence-corrected chi connectivity index (χ4v) is 3.81. The van der Waals surface area contributed by atoms with E-state index in [9.17, 15) is 24.0 Å². The maximum Gasteiger partial charge on any atom is 0.264 e. The monoisotopic (exact) mass is 455 g/mol. The Bertz CT molecular complexity index is 1020. The molecule has 1 aromatic rings. The van der Waals surface area contributed by atoms with Gasteiger partial charge in [-0.3, -0.25) is 34.2 Å². The summed E-state index contributed by atoms with van der Waals surface area (Å²) in [4.78, 5) is 64.7. The number of anilines is 1. The molecule has 0 saturated carbocycles. The van der Waals surface area contributed by atoms with Gasteiger partial charge in [0.1, 0.15) is 6.04 Å². The van der Waals surface area contributed by atoms with Crippen molar-refractivity contribution < 1.29 is 24.0 Å². The SMILES string of the molecule is [N-]=[N+]=NCCCC(=O)NCCCCNc1cccc2c1C(=O)N(C1CCC(=O)NC1=O)C2=O. The van der Waals surface area contributed by atoms with Crippen molar-refractivity contribution >= 4 is 35.2 Å². The summed E-state index contributed by atoms with van der Waals surface area (Å²) >= 11 is 0. The number of hydrogen-bond acceptors (Lipinski definition) is 7. The van der Waals surface area contributed by atoms with E-state index >= 15 is 0 Å². The van der Waals surface area contributed by atoms with E-state index in [4.69, 9.17) is 5.53 Å². The number of azide groups is 1. The maximum atomic E-state index is 13.0. The molecular weight excluding hydrogens is 430 g/mol. The molecule has 0 spiro atoms. The Morgan fingerprint density at radius 3 is 2.70 bits per heavy atom. The highest BCUT2D eigenvalue weighted by atomic mass is 16.2. The Morgan fingerprint density at radius 1 is 1.15 bits per heavy atom. The second-order valence-electron chi connectivity index (χ2n) is 7.72. The average molecular weight is 455 g/mol. The number of imide groups is 2. The largest absolute Gasteiger partial charge is 0.384 e. The number of carbonyl (C=O) groups is 5. The van der Waals surface area contributed by atoms with E-state index in [1.165, 1.54) is 0 Å². The molecule has 0 bridgehead atoms. The van der Waals surface area contributed by atoms with Crippen molar-refractivity contribution in [2.45, 2.75) is 44.6 Å². The molecule has 12 heteroatoms. The van der Waals surface area contributed by atoms with E-state index in [0.29, 0.717) is 44.5 Å². The standard InChI is InChI=1S/C21H25N7O5/c22-27-25-12-4-7-16(29)24-11-2-1-10-23-14-6-3-5-13-18(14)21(33)28(20(13)32)15-8-9-17(30)26-19(15)31/h3,5-6,15,23H,1-2,4,7-12H2,(H,24,29)(H,26,30,31). The predicted molar refractivity (Wildman–Crippen MR) is 117 cm³/mol. The number of unbranched alkanes of at least 4 members (excludes halogenated alkanes) is 1. The number of carbonyl (C=O) groups excluding carboxylic acids is 5. The molecule has 3 N–H and O–H groups in total. The van der Waals surface area contributed by atoms with Crippen LogP contribution in [0.4, 0.5) is 5.69 Å². The van der Waals surface area contributed by atoms with Crippen LogP contribution in [0, 0.1) is 0 Å². The smallest absolute Gasteiger partial charge is 0.264 e. The quantitative estimate of drug-likeness (QED) is 0.150. The second-order valence-corrected chi connectivity index (χ2v) is 7.72. The number of nitrogens with zero attached hydrogens (tertiary/aromatic N) is 4. The van der Waals surface area contributed by atoms with Crippen LogP contribution in [-0.4, -0.2) is 60.1 Å². The second kappa shape index (κ2) is 11.1. The topological polar surface area (TPSA) is 173 Å². The van der Waals surface area contributed by atoms with Crippen LogP contribution in [-0.2, 0) is 14.4 Å². The molecule has 3 rings (SSSR count). The minimum Gasteiger partial charge on any atom is -0.384 e. The predicted octanol–water partition coefficient (Wildman–Crippen LogP) is 1.49. The van der Waals surface area contributed by atoms with Gasteiger partial charge in [-0.1, -0.05) is 11.2 Å². The highest BCUT2D eigenvalue weighted by molar-refractivity contribution is 6.25. The fraction of sp³-hybridized carbons (Fsp3) is 0.476. The molecule has 0 aromatic heterocycles. The zero-order valence-electron chi connectivity index (χ0n) is 18.0. The van der Waals surface area contributed by atoms with Gasteiger partial charge >= 0.3 is 0 Å². The molecule has 2 aliphatic heterocycles. The summed E-state index contributed by atoms with van der Waals surface area (Å²) in [7, 11) is 0. The summed E-state index contributed by atoms with van der Waals surface area (Å²) in [5, 5.41) is 11.5. The summed E-state index contributed by atoms with van der Waals surface area (Å²) in [5.41, 5.74) is 9.15. The van der Waals surface area contributed by atoms with Crippen LogP contribution in [0.25, 0.3) is 10.4 Å². The molecule has 1 atom stereocenters. The number of hydrogen-bond donors (Lipinski definition) is 3. The van der Waals surface area contributed by atoms with Gasteiger partial charge in [0.25, 0.3) is 11.8 Å².